The summed E-state index contributed by atoms with van der Waals surface area (Å²) >= 11 is 0. The van der Waals surface area contributed by atoms with Gasteiger partial charge in [-0.1, -0.05) is 18.2 Å². The van der Waals surface area contributed by atoms with Gasteiger partial charge in [0.2, 0.25) is 0 Å². The molecule has 4 rings (SSSR count). The minimum absolute atomic E-state index is 0.616. The molecule has 3 heterocycles. The van der Waals surface area contributed by atoms with Crippen LogP contribution in [0, 0.1) is 0 Å². The summed E-state index contributed by atoms with van der Waals surface area (Å²) in [6, 6.07) is 7.43. The molecular formula is C16H13N7. The molecule has 0 aliphatic heterocycles. The van der Waals surface area contributed by atoms with Crippen molar-refractivity contribution < 1.29 is 0 Å². The minimum atomic E-state index is 0.616. The van der Waals surface area contributed by atoms with Crippen molar-refractivity contribution in [2.75, 3.05) is 5.43 Å². The molecule has 1 aliphatic carbocycles. The van der Waals surface area contributed by atoms with Crippen molar-refractivity contribution in [2.45, 2.75) is 6.42 Å². The van der Waals surface area contributed by atoms with Gasteiger partial charge in [0.15, 0.2) is 17.3 Å². The molecule has 0 atom stereocenters. The lowest BCUT2D eigenvalue weighted by molar-refractivity contribution is 0.932. The van der Waals surface area contributed by atoms with E-state index in [1.54, 1.807) is 23.1 Å². The Hall–Kier alpha value is -3.35. The average Bonchev–Trinajstić information content (AvgIpc) is 3.25. The normalized spacial score (nSPS) is 13.8. The van der Waals surface area contributed by atoms with Gasteiger partial charge in [-0.15, -0.1) is 15.3 Å². The van der Waals surface area contributed by atoms with Gasteiger partial charge in [0, 0.05) is 18.0 Å². The smallest absolute Gasteiger partial charge is 0.187 e. The second-order valence-corrected chi connectivity index (χ2v) is 5.00. The van der Waals surface area contributed by atoms with Gasteiger partial charge in [-0.3, -0.25) is 10.4 Å². The molecule has 3 aromatic heterocycles. The Bertz CT molecular complexity index is 922. The summed E-state index contributed by atoms with van der Waals surface area (Å²) in [6.07, 6.45) is 12.3. The molecule has 112 valence electrons. The largest absolute Gasteiger partial charge is 0.264 e. The summed E-state index contributed by atoms with van der Waals surface area (Å²) < 4.78 is 1.67. The van der Waals surface area contributed by atoms with Crippen molar-refractivity contribution in [3.8, 4) is 11.4 Å². The Morgan fingerprint density at radius 3 is 3.04 bits per heavy atom. The Balaban J connectivity index is 1.62. The summed E-state index contributed by atoms with van der Waals surface area (Å²) in [4.78, 5) is 4.10. The van der Waals surface area contributed by atoms with Crippen LogP contribution < -0.4 is 5.43 Å². The van der Waals surface area contributed by atoms with Crippen LogP contribution in [0.25, 0.3) is 17.0 Å². The van der Waals surface area contributed by atoms with E-state index in [9.17, 15) is 0 Å². The van der Waals surface area contributed by atoms with Gasteiger partial charge in [0.05, 0.1) is 6.21 Å². The highest BCUT2D eigenvalue weighted by Gasteiger charge is 2.09. The second kappa shape index (κ2) is 5.80. The summed E-state index contributed by atoms with van der Waals surface area (Å²) in [5, 5.41) is 17.0. The van der Waals surface area contributed by atoms with Gasteiger partial charge < -0.3 is 0 Å². The maximum atomic E-state index is 4.48. The molecular weight excluding hydrogens is 290 g/mol. The minimum Gasteiger partial charge on any atom is -0.264 e. The van der Waals surface area contributed by atoms with Gasteiger partial charge >= 0.3 is 0 Å². The standard InChI is InChI=1S/C16H13N7/c1-2-5-12(4-1)10-18-19-14-7-8-15-20-21-16(23(15)22-14)13-6-3-9-17-11-13/h1-4,6-11H,5H2,(H,19,22)/b18-10+. The third-order valence-corrected chi connectivity index (χ3v) is 3.39. The molecule has 0 radical (unpaired) electrons. The highest BCUT2D eigenvalue weighted by molar-refractivity contribution is 5.81. The van der Waals surface area contributed by atoms with Gasteiger partial charge in [-0.2, -0.15) is 9.62 Å². The molecule has 0 fully saturated rings. The van der Waals surface area contributed by atoms with Crippen molar-refractivity contribution in [3.63, 3.8) is 0 Å². The fraction of sp³-hybridized carbons (Fsp3) is 0.0625. The van der Waals surface area contributed by atoms with Gasteiger partial charge in [0.25, 0.3) is 0 Å². The van der Waals surface area contributed by atoms with Crippen molar-refractivity contribution in [2.24, 2.45) is 5.10 Å². The van der Waals surface area contributed by atoms with Crippen LogP contribution in [0.15, 0.2) is 65.6 Å². The highest BCUT2D eigenvalue weighted by Crippen LogP contribution is 2.17. The fourth-order valence-electron chi connectivity index (χ4n) is 2.26. The Morgan fingerprint density at radius 1 is 1.22 bits per heavy atom. The van der Waals surface area contributed by atoms with Crippen LogP contribution in [0.1, 0.15) is 6.42 Å². The topological polar surface area (TPSA) is 80.4 Å². The van der Waals surface area contributed by atoms with Crippen LogP contribution in [0.2, 0.25) is 0 Å². The van der Waals surface area contributed by atoms with Crippen molar-refractivity contribution in [3.05, 3.63) is 60.5 Å². The summed E-state index contributed by atoms with van der Waals surface area (Å²) in [5.41, 5.74) is 5.61. The number of fused-ring (bicyclic) bond motifs is 1. The molecule has 7 heteroatoms. The third-order valence-electron chi connectivity index (χ3n) is 3.39. The molecule has 0 spiro atoms. The zero-order chi connectivity index (χ0) is 15.5. The van der Waals surface area contributed by atoms with E-state index in [1.807, 2.05) is 36.4 Å². The average molecular weight is 303 g/mol. The van der Waals surface area contributed by atoms with E-state index in [4.69, 9.17) is 0 Å². The molecule has 0 aromatic carbocycles. The molecule has 0 amide bonds. The first-order valence-electron chi connectivity index (χ1n) is 7.18. The number of aromatic nitrogens is 5. The van der Waals surface area contributed by atoms with E-state index >= 15 is 0 Å². The molecule has 1 aliphatic rings. The van der Waals surface area contributed by atoms with Crippen LogP contribution in [-0.4, -0.2) is 31.0 Å². The van der Waals surface area contributed by atoms with Crippen LogP contribution in [-0.2, 0) is 0 Å². The van der Waals surface area contributed by atoms with Crippen LogP contribution in [0.3, 0.4) is 0 Å². The third kappa shape index (κ3) is 2.71. The number of nitrogens with zero attached hydrogens (tertiary/aromatic N) is 6. The molecule has 0 unspecified atom stereocenters. The number of allylic oxidation sites excluding steroid dienone is 4. The van der Waals surface area contributed by atoms with Crippen LogP contribution >= 0.6 is 0 Å². The van der Waals surface area contributed by atoms with Crippen molar-refractivity contribution in [1.82, 2.24) is 24.8 Å². The lowest BCUT2D eigenvalue weighted by Gasteiger charge is -2.02. The number of nitrogens with one attached hydrogen (secondary N) is 1. The molecule has 0 saturated heterocycles. The molecule has 3 aromatic rings. The maximum Gasteiger partial charge on any atom is 0.187 e. The molecule has 0 bridgehead atoms. The molecule has 1 N–H and O–H groups in total. The number of hydrazone groups is 1. The van der Waals surface area contributed by atoms with E-state index in [1.165, 1.54) is 0 Å². The monoisotopic (exact) mass is 303 g/mol. The summed E-state index contributed by atoms with van der Waals surface area (Å²) in [7, 11) is 0. The van der Waals surface area contributed by atoms with E-state index in [-0.39, 0.29) is 0 Å². The Labute approximate surface area is 132 Å². The predicted molar refractivity (Wildman–Crippen MR) is 88.0 cm³/mol. The van der Waals surface area contributed by atoms with Crippen molar-refractivity contribution in [1.29, 1.82) is 0 Å². The Kier molecular flexibility index (Phi) is 3.36. The lowest BCUT2D eigenvalue weighted by atomic mass is 10.3. The molecule has 23 heavy (non-hydrogen) atoms. The maximum absolute atomic E-state index is 4.48. The Morgan fingerprint density at radius 2 is 2.22 bits per heavy atom. The first-order valence-corrected chi connectivity index (χ1v) is 7.18. The number of hydrogen-bond donors (Lipinski definition) is 1. The van der Waals surface area contributed by atoms with E-state index in [0.717, 1.165) is 17.6 Å². The summed E-state index contributed by atoms with van der Waals surface area (Å²) in [6.45, 7) is 0. The quantitative estimate of drug-likeness (QED) is 0.591. The molecule has 0 saturated carbocycles. The number of rotatable bonds is 4. The number of pyridine rings is 1. The van der Waals surface area contributed by atoms with Crippen molar-refractivity contribution >= 4 is 17.7 Å². The van der Waals surface area contributed by atoms with Crippen LogP contribution in [0.5, 0.6) is 0 Å². The number of anilines is 1. The zero-order valence-corrected chi connectivity index (χ0v) is 12.2. The van der Waals surface area contributed by atoms with Gasteiger partial charge in [0.1, 0.15) is 0 Å². The zero-order valence-electron chi connectivity index (χ0n) is 12.2. The highest BCUT2D eigenvalue weighted by atomic mass is 15.4. The fourth-order valence-corrected chi connectivity index (χ4v) is 2.26. The second-order valence-electron chi connectivity index (χ2n) is 5.00. The van der Waals surface area contributed by atoms with E-state index in [0.29, 0.717) is 17.3 Å². The van der Waals surface area contributed by atoms with Gasteiger partial charge in [-0.25, -0.2) is 0 Å². The summed E-state index contributed by atoms with van der Waals surface area (Å²) in [5.74, 6) is 1.26. The van der Waals surface area contributed by atoms with Gasteiger partial charge in [-0.05, 0) is 36.3 Å². The first-order chi connectivity index (χ1) is 11.4. The molecule has 7 nitrogen and oxygen atoms in total. The first kappa shape index (κ1) is 13.3. The van der Waals surface area contributed by atoms with E-state index < -0.39 is 0 Å². The van der Waals surface area contributed by atoms with E-state index in [2.05, 4.69) is 36.9 Å². The van der Waals surface area contributed by atoms with Crippen LogP contribution in [0.4, 0.5) is 5.82 Å². The predicted octanol–water partition coefficient (Wildman–Crippen LogP) is 2.47. The number of hydrogen-bond acceptors (Lipinski definition) is 6. The lowest BCUT2D eigenvalue weighted by Crippen LogP contribution is -2.00. The SMILES string of the molecule is C1=CCC(/C=N/Nc2ccc3nnc(-c4cccnc4)n3n2)=C1.